The Balaban J connectivity index is -0.00000164. The van der Waals surface area contributed by atoms with E-state index in [0.717, 1.165) is 6.42 Å². The summed E-state index contributed by atoms with van der Waals surface area (Å²) in [5.41, 5.74) is 5.74. The molecule has 0 aliphatic heterocycles. The van der Waals surface area contributed by atoms with Gasteiger partial charge in [-0.05, 0) is 18.6 Å². The zero-order valence-corrected chi connectivity index (χ0v) is 27.9. The van der Waals surface area contributed by atoms with Crippen molar-refractivity contribution in [3.8, 4) is 5.75 Å². The van der Waals surface area contributed by atoms with Crippen LogP contribution in [-0.4, -0.2) is 87.9 Å². The third kappa shape index (κ3) is 24.8. The number of ether oxygens (including phenoxy) is 5. The normalized spacial score (nSPS) is 12.0. The number of amides is 2. The van der Waals surface area contributed by atoms with Gasteiger partial charge in [0.25, 0.3) is 0 Å². The summed E-state index contributed by atoms with van der Waals surface area (Å²) >= 11 is 0. The van der Waals surface area contributed by atoms with E-state index in [0.29, 0.717) is 70.8 Å². The molecule has 0 spiro atoms. The lowest BCUT2D eigenvalue weighted by atomic mass is 10.3. The topological polar surface area (TPSA) is 130 Å². The number of carbonyl (C=O) groups excluding carboxylic acids is 2. The molecule has 1 aromatic carbocycles. The Hall–Kier alpha value is -1.80. The maximum absolute atomic E-state index is 12.3. The van der Waals surface area contributed by atoms with Crippen molar-refractivity contribution in [3.63, 3.8) is 0 Å². The molecule has 10 nitrogen and oxygen atoms in total. The van der Waals surface area contributed by atoms with Crippen LogP contribution in [0, 0.1) is 0 Å². The predicted molar refractivity (Wildman–Crippen MR) is 182 cm³/mol. The van der Waals surface area contributed by atoms with Crippen LogP contribution in [0.2, 0.25) is 0 Å². The highest BCUT2D eigenvalue weighted by molar-refractivity contribution is 8.77. The molecule has 0 fully saturated rings. The van der Waals surface area contributed by atoms with Crippen LogP contribution in [0.4, 0.5) is 5.69 Å². The number of nitrogens with two attached hydrogens (primary N) is 1. The van der Waals surface area contributed by atoms with E-state index in [2.05, 4.69) is 31.4 Å². The Morgan fingerprint density at radius 2 is 1.71 bits per heavy atom. The number of rotatable bonds is 23. The van der Waals surface area contributed by atoms with Gasteiger partial charge >= 0.3 is 0 Å². The van der Waals surface area contributed by atoms with Crippen LogP contribution >= 0.6 is 21.6 Å². The molecule has 42 heavy (non-hydrogen) atoms. The summed E-state index contributed by atoms with van der Waals surface area (Å²) in [4.78, 5) is 24.1. The van der Waals surface area contributed by atoms with E-state index in [1.165, 1.54) is 0 Å². The number of benzene rings is 1. The Bertz CT molecular complexity index is 870. The molecule has 0 aliphatic carbocycles. The van der Waals surface area contributed by atoms with Crippen LogP contribution < -0.4 is 21.1 Å². The van der Waals surface area contributed by atoms with Gasteiger partial charge in [-0.3, -0.25) is 9.59 Å². The van der Waals surface area contributed by atoms with Crippen LogP contribution in [-0.2, 0) is 28.5 Å². The molecule has 0 saturated carbocycles. The number of allylic oxidation sites excluding steroid dienone is 1. The minimum atomic E-state index is -0.259. The van der Waals surface area contributed by atoms with E-state index >= 15 is 0 Å². The van der Waals surface area contributed by atoms with Gasteiger partial charge in [0, 0.05) is 33.9 Å². The average Bonchev–Trinajstić information content (AvgIpc) is 2.96. The fourth-order valence-corrected chi connectivity index (χ4v) is 4.99. The molecule has 0 saturated heterocycles. The molecule has 4 N–H and O–H groups in total. The van der Waals surface area contributed by atoms with Gasteiger partial charge in [-0.1, -0.05) is 81.3 Å². The summed E-state index contributed by atoms with van der Waals surface area (Å²) in [6.45, 7) is 16.0. The monoisotopic (exact) mass is 637 g/mol. The molecule has 1 aromatic rings. The maximum atomic E-state index is 12.3. The minimum absolute atomic E-state index is 0. The molecule has 1 atom stereocenters. The predicted octanol–water partition coefficient (Wildman–Crippen LogP) is 5.77. The van der Waals surface area contributed by atoms with Crippen LogP contribution in [0.15, 0.2) is 36.4 Å². The van der Waals surface area contributed by atoms with Crippen molar-refractivity contribution in [2.75, 3.05) is 71.3 Å². The minimum Gasteiger partial charge on any atom is -0.490 e. The summed E-state index contributed by atoms with van der Waals surface area (Å²) in [6.07, 6.45) is 5.08. The molecular weight excluding hydrogens is 578 g/mol. The van der Waals surface area contributed by atoms with Gasteiger partial charge in [-0.2, -0.15) is 0 Å². The lowest BCUT2D eigenvalue weighted by Gasteiger charge is -2.22. The molecular formula is C30H59N3O7S2. The quantitative estimate of drug-likeness (QED) is 0.0588. The third-order valence-electron chi connectivity index (χ3n) is 4.60. The first kappa shape index (κ1) is 40.2. The molecule has 0 aromatic heterocycles. The van der Waals surface area contributed by atoms with Crippen molar-refractivity contribution in [1.29, 1.82) is 0 Å². The molecule has 0 radical (unpaired) electrons. The zero-order valence-electron chi connectivity index (χ0n) is 26.3. The van der Waals surface area contributed by atoms with Gasteiger partial charge in [0.15, 0.2) is 0 Å². The highest BCUT2D eigenvalue weighted by Crippen LogP contribution is 2.38. The summed E-state index contributed by atoms with van der Waals surface area (Å²) in [5.74, 6) is 0.307. The molecule has 248 valence electrons. The highest BCUT2D eigenvalue weighted by Gasteiger charge is 2.18. The molecule has 12 heteroatoms. The van der Waals surface area contributed by atoms with Crippen LogP contribution in [0.5, 0.6) is 5.75 Å². The maximum Gasteiger partial charge on any atom is 0.246 e. The van der Waals surface area contributed by atoms with Gasteiger partial charge in [-0.25, -0.2) is 0 Å². The Morgan fingerprint density at radius 1 is 1.00 bits per heavy atom. The first-order chi connectivity index (χ1) is 20.2. The van der Waals surface area contributed by atoms with Crippen molar-refractivity contribution >= 4 is 39.1 Å². The van der Waals surface area contributed by atoms with E-state index in [4.69, 9.17) is 29.4 Å². The fourth-order valence-electron chi connectivity index (χ4n) is 2.80. The fraction of sp³-hybridized carbons (Fsp3) is 0.667. The molecule has 0 heterocycles. The van der Waals surface area contributed by atoms with Gasteiger partial charge < -0.3 is 40.1 Å². The van der Waals surface area contributed by atoms with E-state index in [-0.39, 0.29) is 39.3 Å². The number of carbonyl (C=O) groups is 2. The van der Waals surface area contributed by atoms with E-state index in [9.17, 15) is 9.59 Å². The lowest BCUT2D eigenvalue weighted by Crippen LogP contribution is -2.28. The Labute approximate surface area is 265 Å². The zero-order chi connectivity index (χ0) is 31.5. The summed E-state index contributed by atoms with van der Waals surface area (Å²) < 4.78 is 28.1. The summed E-state index contributed by atoms with van der Waals surface area (Å²) in [5, 5.41) is 5.63. The smallest absolute Gasteiger partial charge is 0.246 e. The second kappa shape index (κ2) is 26.8. The molecule has 2 amide bonds. The van der Waals surface area contributed by atoms with Gasteiger partial charge in [0.05, 0.1) is 46.1 Å². The van der Waals surface area contributed by atoms with Gasteiger partial charge in [0.2, 0.25) is 11.8 Å². The number of nitrogens with one attached hydrogen (secondary N) is 2. The van der Waals surface area contributed by atoms with Crippen molar-refractivity contribution < 1.29 is 37.6 Å². The Kier molecular flexibility index (Phi) is 25.7. The van der Waals surface area contributed by atoms with E-state index in [1.807, 2.05) is 45.1 Å². The molecule has 0 aliphatic rings. The van der Waals surface area contributed by atoms with Crippen LogP contribution in [0.25, 0.3) is 0 Å². The SMILES string of the molecule is CC.CC/C=C/CNC(=O)COCCOC(COc1cccc(NC(=O)CCOCCOCCN)c1)SSC(C)(C)C.[HH].[HH].[HH]. The number of hydrogen-bond acceptors (Lipinski definition) is 10. The van der Waals surface area contributed by atoms with Crippen molar-refractivity contribution in [2.24, 2.45) is 5.73 Å². The largest absolute Gasteiger partial charge is 0.490 e. The van der Waals surface area contributed by atoms with Gasteiger partial charge in [-0.15, -0.1) is 0 Å². The van der Waals surface area contributed by atoms with Gasteiger partial charge in [0.1, 0.15) is 24.4 Å². The van der Waals surface area contributed by atoms with Crippen LogP contribution in [0.1, 0.15) is 58.7 Å². The van der Waals surface area contributed by atoms with E-state index < -0.39 is 0 Å². The van der Waals surface area contributed by atoms with Crippen molar-refractivity contribution in [2.45, 2.75) is 64.6 Å². The summed E-state index contributed by atoms with van der Waals surface area (Å²) in [6, 6.07) is 7.23. The highest BCUT2D eigenvalue weighted by atomic mass is 33.1. The van der Waals surface area contributed by atoms with Crippen LogP contribution in [0.3, 0.4) is 0 Å². The lowest BCUT2D eigenvalue weighted by molar-refractivity contribution is -0.126. The molecule has 0 bridgehead atoms. The third-order valence-corrected chi connectivity index (χ3v) is 8.12. The number of anilines is 1. The summed E-state index contributed by atoms with van der Waals surface area (Å²) in [7, 11) is 3.29. The second-order valence-electron chi connectivity index (χ2n) is 9.48. The first-order valence-electron chi connectivity index (χ1n) is 14.6. The standard InChI is InChI=1S/C28H47N3O7S2.C2H6.3H2/c1-5-6-7-13-30-26(33)21-36-18-19-37-27(39-40-28(2,3)4)22-38-24-10-8-9-23(20-24)31-25(32)11-14-34-16-17-35-15-12-29;1-2;;;/h6-10,20,27H,5,11-19,21-22,29H2,1-4H3,(H,30,33)(H,31,32);1-2H3;3*1H/b7-6+;;;;. The van der Waals surface area contributed by atoms with Crippen molar-refractivity contribution in [3.05, 3.63) is 36.4 Å². The Morgan fingerprint density at radius 3 is 2.40 bits per heavy atom. The molecule has 1 rings (SSSR count). The molecule has 1 unspecified atom stereocenters. The average molecular weight is 638 g/mol. The number of hydrogen-bond donors (Lipinski definition) is 3. The van der Waals surface area contributed by atoms with Crippen molar-refractivity contribution in [1.82, 2.24) is 5.32 Å². The first-order valence-corrected chi connectivity index (χ1v) is 16.8. The van der Waals surface area contributed by atoms with E-state index in [1.54, 1.807) is 33.7 Å². The second-order valence-corrected chi connectivity index (χ2v) is 12.7.